The Morgan fingerprint density at radius 3 is 1.62 bits per heavy atom. The lowest BCUT2D eigenvalue weighted by atomic mass is 9.91. The van der Waals surface area contributed by atoms with Gasteiger partial charge in [0.25, 0.3) is 0 Å². The van der Waals surface area contributed by atoms with E-state index < -0.39 is 33.8 Å². The standard InChI is InChI=1S/C8H12O6S2/c1-2-3(9)8(14,4(15)6(10)11)5(16)7(12)13/h2,4-5,9,14-16H,1H3,(H,10,11)(H,12,13). The molecule has 0 radical (unpaired) electrons. The van der Waals surface area contributed by atoms with Gasteiger partial charge in [0.05, 0.1) is 0 Å². The van der Waals surface area contributed by atoms with Crippen molar-refractivity contribution in [2.24, 2.45) is 0 Å². The topological polar surface area (TPSA) is 115 Å². The summed E-state index contributed by atoms with van der Waals surface area (Å²) in [5.41, 5.74) is -2.58. The lowest BCUT2D eigenvalue weighted by Crippen LogP contribution is -2.55. The van der Waals surface area contributed by atoms with Gasteiger partial charge in [-0.05, 0) is 13.0 Å². The number of rotatable bonds is 5. The Morgan fingerprint density at radius 1 is 1.12 bits per heavy atom. The van der Waals surface area contributed by atoms with Gasteiger partial charge in [0, 0.05) is 0 Å². The molecule has 8 heteroatoms. The molecule has 0 aromatic carbocycles. The SMILES string of the molecule is CC=C(O)C(O)(C(S)C(=O)O)C(S)C(=O)O. The van der Waals surface area contributed by atoms with Crippen LogP contribution in [-0.2, 0) is 9.59 Å². The van der Waals surface area contributed by atoms with Gasteiger partial charge in [0.1, 0.15) is 16.3 Å². The molecule has 16 heavy (non-hydrogen) atoms. The molecule has 92 valence electrons. The van der Waals surface area contributed by atoms with Crippen molar-refractivity contribution in [2.45, 2.75) is 23.0 Å². The molecule has 2 atom stereocenters. The molecule has 0 spiro atoms. The van der Waals surface area contributed by atoms with Crippen molar-refractivity contribution in [1.82, 2.24) is 0 Å². The first-order valence-electron chi connectivity index (χ1n) is 4.09. The minimum atomic E-state index is -2.58. The van der Waals surface area contributed by atoms with E-state index in [9.17, 15) is 19.8 Å². The highest BCUT2D eigenvalue weighted by Gasteiger charge is 2.51. The molecule has 0 aliphatic carbocycles. The minimum absolute atomic E-state index is 0.808. The second-order valence-electron chi connectivity index (χ2n) is 2.98. The average molecular weight is 268 g/mol. The average Bonchev–Trinajstić information content (AvgIpc) is 2.24. The number of carboxylic acids is 2. The van der Waals surface area contributed by atoms with Crippen LogP contribution < -0.4 is 0 Å². The van der Waals surface area contributed by atoms with E-state index in [4.69, 9.17) is 10.2 Å². The minimum Gasteiger partial charge on any atom is -0.509 e. The maximum Gasteiger partial charge on any atom is 0.319 e. The van der Waals surface area contributed by atoms with E-state index in [1.165, 1.54) is 6.92 Å². The van der Waals surface area contributed by atoms with E-state index in [2.05, 4.69) is 25.3 Å². The Morgan fingerprint density at radius 2 is 1.44 bits per heavy atom. The van der Waals surface area contributed by atoms with Crippen LogP contribution in [-0.4, -0.2) is 48.5 Å². The van der Waals surface area contributed by atoms with Crippen LogP contribution in [0.4, 0.5) is 0 Å². The summed E-state index contributed by atoms with van der Waals surface area (Å²) in [5.74, 6) is -3.95. The monoisotopic (exact) mass is 268 g/mol. The third kappa shape index (κ3) is 2.63. The van der Waals surface area contributed by atoms with Gasteiger partial charge in [-0.15, -0.1) is 0 Å². The Hall–Kier alpha value is -0.860. The molecular weight excluding hydrogens is 256 g/mol. The quantitative estimate of drug-likeness (QED) is 0.307. The van der Waals surface area contributed by atoms with E-state index >= 15 is 0 Å². The van der Waals surface area contributed by atoms with Gasteiger partial charge in [-0.25, -0.2) is 0 Å². The number of hydrogen-bond acceptors (Lipinski definition) is 6. The van der Waals surface area contributed by atoms with E-state index in [0.717, 1.165) is 6.08 Å². The zero-order chi connectivity index (χ0) is 13.1. The summed E-state index contributed by atoms with van der Waals surface area (Å²) in [6, 6.07) is 0. The molecule has 0 aliphatic rings. The Kier molecular flexibility index (Phi) is 5.17. The largest absolute Gasteiger partial charge is 0.509 e. The summed E-state index contributed by atoms with van der Waals surface area (Å²) in [6.45, 7) is 1.31. The van der Waals surface area contributed by atoms with Gasteiger partial charge in [-0.2, -0.15) is 25.3 Å². The number of thiol groups is 2. The molecule has 0 bridgehead atoms. The molecule has 0 amide bonds. The molecule has 0 rings (SSSR count). The normalized spacial score (nSPS) is 19.6. The van der Waals surface area contributed by atoms with Crippen LogP contribution in [0.25, 0.3) is 0 Å². The van der Waals surface area contributed by atoms with Crippen LogP contribution in [0.15, 0.2) is 11.8 Å². The van der Waals surface area contributed by atoms with E-state index in [1.54, 1.807) is 0 Å². The van der Waals surface area contributed by atoms with Crippen molar-refractivity contribution in [3.63, 3.8) is 0 Å². The van der Waals surface area contributed by atoms with Gasteiger partial charge >= 0.3 is 11.9 Å². The first-order valence-corrected chi connectivity index (χ1v) is 5.12. The summed E-state index contributed by atoms with van der Waals surface area (Å²) in [5, 5.41) is 33.1. The fourth-order valence-electron chi connectivity index (χ4n) is 1.04. The van der Waals surface area contributed by atoms with Gasteiger partial charge in [0.2, 0.25) is 0 Å². The van der Waals surface area contributed by atoms with Gasteiger partial charge in [-0.3, -0.25) is 9.59 Å². The maximum absolute atomic E-state index is 10.7. The van der Waals surface area contributed by atoms with E-state index in [0.29, 0.717) is 0 Å². The third-order valence-corrected chi connectivity index (χ3v) is 3.21. The fourth-order valence-corrected chi connectivity index (χ4v) is 1.72. The van der Waals surface area contributed by atoms with Crippen molar-refractivity contribution in [2.75, 3.05) is 0 Å². The molecule has 0 aliphatic heterocycles. The van der Waals surface area contributed by atoms with Crippen LogP contribution in [0.1, 0.15) is 6.92 Å². The number of hydrogen-bond donors (Lipinski definition) is 6. The Bertz CT molecular complexity index is 306. The first-order chi connectivity index (χ1) is 7.19. The van der Waals surface area contributed by atoms with Crippen LogP contribution in [0.5, 0.6) is 0 Å². The third-order valence-electron chi connectivity index (χ3n) is 1.99. The zero-order valence-electron chi connectivity index (χ0n) is 8.23. The molecule has 0 aromatic heterocycles. The van der Waals surface area contributed by atoms with Crippen molar-refractivity contribution in [3.05, 3.63) is 11.8 Å². The first kappa shape index (κ1) is 15.1. The number of aliphatic hydroxyl groups excluding tert-OH is 1. The highest BCUT2D eigenvalue weighted by molar-refractivity contribution is 7.83. The molecule has 0 saturated carbocycles. The lowest BCUT2D eigenvalue weighted by molar-refractivity contribution is -0.146. The molecule has 2 unspecified atom stereocenters. The molecule has 0 saturated heterocycles. The molecule has 0 heterocycles. The second kappa shape index (κ2) is 5.46. The van der Waals surface area contributed by atoms with E-state index in [-0.39, 0.29) is 0 Å². The van der Waals surface area contributed by atoms with Crippen molar-refractivity contribution >= 4 is 37.2 Å². The summed E-state index contributed by atoms with van der Waals surface area (Å²) in [4.78, 5) is 21.4. The lowest BCUT2D eigenvalue weighted by Gasteiger charge is -2.33. The Balaban J connectivity index is 5.53. The van der Waals surface area contributed by atoms with Gasteiger partial charge < -0.3 is 20.4 Å². The summed E-state index contributed by atoms with van der Waals surface area (Å²) < 4.78 is 0. The number of carbonyl (C=O) groups is 2. The summed E-state index contributed by atoms with van der Waals surface area (Å²) in [6.07, 6.45) is 0.984. The highest BCUT2D eigenvalue weighted by atomic mass is 32.1. The number of aliphatic hydroxyl groups is 2. The molecular formula is C8H12O6S2. The van der Waals surface area contributed by atoms with Crippen LogP contribution in [0.3, 0.4) is 0 Å². The summed E-state index contributed by atoms with van der Waals surface area (Å²) in [7, 11) is 0. The van der Waals surface area contributed by atoms with Crippen molar-refractivity contribution < 1.29 is 30.0 Å². The highest BCUT2D eigenvalue weighted by Crippen LogP contribution is 2.31. The van der Waals surface area contributed by atoms with Crippen LogP contribution in [0.2, 0.25) is 0 Å². The molecule has 0 fully saturated rings. The van der Waals surface area contributed by atoms with Crippen molar-refractivity contribution in [1.29, 1.82) is 0 Å². The maximum atomic E-state index is 10.7. The number of aliphatic carboxylic acids is 2. The van der Waals surface area contributed by atoms with Gasteiger partial charge in [-0.1, -0.05) is 0 Å². The zero-order valence-corrected chi connectivity index (χ0v) is 10.0. The van der Waals surface area contributed by atoms with E-state index in [1.807, 2.05) is 0 Å². The number of carboxylic acid groups (broad SMARTS) is 2. The van der Waals surface area contributed by atoms with Crippen LogP contribution in [0, 0.1) is 0 Å². The Labute approximate surface area is 102 Å². The number of allylic oxidation sites excluding steroid dienone is 1. The molecule has 4 N–H and O–H groups in total. The predicted molar refractivity (Wildman–Crippen MR) is 62.2 cm³/mol. The second-order valence-corrected chi connectivity index (χ2v) is 4.01. The van der Waals surface area contributed by atoms with Gasteiger partial charge in [0.15, 0.2) is 5.60 Å². The van der Waals surface area contributed by atoms with Crippen molar-refractivity contribution in [3.8, 4) is 0 Å². The predicted octanol–water partition coefficient (Wildman–Crippen LogP) is -0.0547. The fraction of sp³-hybridized carbons (Fsp3) is 0.500. The smallest absolute Gasteiger partial charge is 0.319 e. The van der Waals surface area contributed by atoms with Crippen LogP contribution >= 0.6 is 25.3 Å². The molecule has 0 aromatic rings. The molecule has 6 nitrogen and oxygen atoms in total. The summed E-state index contributed by atoms with van der Waals surface area (Å²) >= 11 is 7.14.